The maximum Gasteiger partial charge on any atom is -0.00178 e. The van der Waals surface area contributed by atoms with E-state index in [4.69, 9.17) is 0 Å². The number of nitrogens with one attached hydrogen (secondary N) is 1. The third-order valence-electron chi connectivity index (χ3n) is 3.83. The second kappa shape index (κ2) is 5.75. The van der Waals surface area contributed by atoms with Crippen LogP contribution in [0.2, 0.25) is 0 Å². The first-order valence-electron chi connectivity index (χ1n) is 6.32. The molecule has 1 saturated carbocycles. The van der Waals surface area contributed by atoms with E-state index in [1.54, 1.807) is 0 Å². The lowest BCUT2D eigenvalue weighted by Crippen LogP contribution is -2.34. The van der Waals surface area contributed by atoms with Crippen molar-refractivity contribution in [1.29, 1.82) is 0 Å². The third kappa shape index (κ3) is 3.61. The first kappa shape index (κ1) is 12.0. The number of hydrogen-bond acceptors (Lipinski definition) is 1. The fraction of sp³-hybridized carbons (Fsp3) is 1.00. The van der Waals surface area contributed by atoms with Crippen molar-refractivity contribution in [2.75, 3.05) is 13.1 Å². The van der Waals surface area contributed by atoms with E-state index < -0.39 is 0 Å². The van der Waals surface area contributed by atoms with Crippen LogP contribution in [0.15, 0.2) is 0 Å². The second-order valence-corrected chi connectivity index (χ2v) is 5.58. The van der Waals surface area contributed by atoms with E-state index in [0.717, 1.165) is 23.7 Å². The van der Waals surface area contributed by atoms with E-state index in [0.29, 0.717) is 0 Å². The summed E-state index contributed by atoms with van der Waals surface area (Å²) in [7, 11) is 0. The van der Waals surface area contributed by atoms with Gasteiger partial charge in [0.25, 0.3) is 0 Å². The Labute approximate surface area is 89.7 Å². The average molecular weight is 197 g/mol. The van der Waals surface area contributed by atoms with Crippen molar-refractivity contribution in [3.8, 4) is 0 Å². The monoisotopic (exact) mass is 197 g/mol. The normalized spacial score (nSPS) is 33.6. The van der Waals surface area contributed by atoms with E-state index in [1.807, 2.05) is 0 Å². The molecule has 14 heavy (non-hydrogen) atoms. The van der Waals surface area contributed by atoms with Crippen LogP contribution in [0.1, 0.15) is 47.0 Å². The molecule has 0 heterocycles. The highest BCUT2D eigenvalue weighted by Crippen LogP contribution is 2.33. The number of rotatable bonds is 4. The van der Waals surface area contributed by atoms with Crippen molar-refractivity contribution < 1.29 is 0 Å². The quantitative estimate of drug-likeness (QED) is 0.729. The molecule has 1 rings (SSSR count). The zero-order chi connectivity index (χ0) is 10.6. The summed E-state index contributed by atoms with van der Waals surface area (Å²) in [4.78, 5) is 0. The highest BCUT2D eigenvalue weighted by Gasteiger charge is 2.26. The van der Waals surface area contributed by atoms with Gasteiger partial charge in [-0.05, 0) is 43.2 Å². The molecule has 3 atom stereocenters. The van der Waals surface area contributed by atoms with Crippen molar-refractivity contribution in [3.05, 3.63) is 0 Å². The molecule has 0 radical (unpaired) electrons. The van der Waals surface area contributed by atoms with Crippen LogP contribution in [0.5, 0.6) is 0 Å². The molecule has 0 bridgehead atoms. The van der Waals surface area contributed by atoms with Crippen molar-refractivity contribution in [1.82, 2.24) is 5.32 Å². The fourth-order valence-electron chi connectivity index (χ4n) is 2.54. The van der Waals surface area contributed by atoms with E-state index in [-0.39, 0.29) is 0 Å². The minimum atomic E-state index is 0.784. The van der Waals surface area contributed by atoms with Crippen LogP contribution in [0, 0.1) is 23.7 Å². The largest absolute Gasteiger partial charge is 0.316 e. The van der Waals surface area contributed by atoms with Gasteiger partial charge < -0.3 is 5.32 Å². The van der Waals surface area contributed by atoms with Crippen LogP contribution in [0.3, 0.4) is 0 Å². The molecule has 84 valence electrons. The van der Waals surface area contributed by atoms with Gasteiger partial charge in [-0.2, -0.15) is 0 Å². The molecular formula is C13H27N. The third-order valence-corrected chi connectivity index (χ3v) is 3.83. The Hall–Kier alpha value is -0.0400. The molecule has 0 aromatic heterocycles. The molecule has 0 aromatic carbocycles. The van der Waals surface area contributed by atoms with Crippen molar-refractivity contribution in [2.24, 2.45) is 23.7 Å². The lowest BCUT2D eigenvalue weighted by molar-refractivity contribution is 0.177. The molecule has 1 aliphatic rings. The molecule has 0 saturated heterocycles. The molecule has 1 fully saturated rings. The summed E-state index contributed by atoms with van der Waals surface area (Å²) < 4.78 is 0. The van der Waals surface area contributed by atoms with Gasteiger partial charge in [0.05, 0.1) is 0 Å². The first-order valence-corrected chi connectivity index (χ1v) is 6.32. The summed E-state index contributed by atoms with van der Waals surface area (Å²) in [5.74, 6) is 3.57. The lowest BCUT2D eigenvalue weighted by Gasteiger charge is -2.34. The lowest BCUT2D eigenvalue weighted by atomic mass is 9.74. The van der Waals surface area contributed by atoms with Crippen molar-refractivity contribution in [2.45, 2.75) is 47.0 Å². The second-order valence-electron chi connectivity index (χ2n) is 5.58. The standard InChI is InChI=1S/C13H27N/c1-10(2)8-14-9-13-7-5-6-11(3)12(13)4/h10-14H,5-9H2,1-4H3. The first-order chi connectivity index (χ1) is 6.61. The molecule has 0 aliphatic heterocycles. The van der Waals surface area contributed by atoms with Crippen LogP contribution in [-0.2, 0) is 0 Å². The van der Waals surface area contributed by atoms with Gasteiger partial charge in [-0.15, -0.1) is 0 Å². The van der Waals surface area contributed by atoms with Crippen molar-refractivity contribution >= 4 is 0 Å². The SMILES string of the molecule is CC(C)CNCC1CCCC(C)C1C. The van der Waals surface area contributed by atoms with Gasteiger partial charge in [-0.1, -0.05) is 40.5 Å². The van der Waals surface area contributed by atoms with Crippen LogP contribution in [0.4, 0.5) is 0 Å². The summed E-state index contributed by atoms with van der Waals surface area (Å²) in [5.41, 5.74) is 0. The van der Waals surface area contributed by atoms with E-state index in [9.17, 15) is 0 Å². The molecule has 1 nitrogen and oxygen atoms in total. The van der Waals surface area contributed by atoms with Crippen LogP contribution < -0.4 is 5.32 Å². The predicted octanol–water partition coefficient (Wildman–Crippen LogP) is 3.30. The highest BCUT2D eigenvalue weighted by molar-refractivity contribution is 4.78. The highest BCUT2D eigenvalue weighted by atomic mass is 14.9. The summed E-state index contributed by atoms with van der Waals surface area (Å²) in [6, 6.07) is 0. The van der Waals surface area contributed by atoms with Gasteiger partial charge in [0.2, 0.25) is 0 Å². The van der Waals surface area contributed by atoms with Gasteiger partial charge in [-0.25, -0.2) is 0 Å². The Morgan fingerprint density at radius 1 is 1.21 bits per heavy atom. The van der Waals surface area contributed by atoms with Gasteiger partial charge >= 0.3 is 0 Å². The topological polar surface area (TPSA) is 12.0 Å². The Kier molecular flexibility index (Phi) is 4.94. The summed E-state index contributed by atoms with van der Waals surface area (Å²) in [6.45, 7) is 11.8. The predicted molar refractivity (Wildman–Crippen MR) is 63.4 cm³/mol. The van der Waals surface area contributed by atoms with Crippen LogP contribution >= 0.6 is 0 Å². The fourth-order valence-corrected chi connectivity index (χ4v) is 2.54. The molecule has 0 aromatic rings. The minimum Gasteiger partial charge on any atom is -0.316 e. The summed E-state index contributed by atoms with van der Waals surface area (Å²) in [5, 5.41) is 3.61. The van der Waals surface area contributed by atoms with Gasteiger partial charge in [0, 0.05) is 0 Å². The van der Waals surface area contributed by atoms with Gasteiger partial charge in [-0.3, -0.25) is 0 Å². The molecule has 3 unspecified atom stereocenters. The Morgan fingerprint density at radius 2 is 1.93 bits per heavy atom. The maximum absolute atomic E-state index is 3.61. The maximum atomic E-state index is 3.61. The minimum absolute atomic E-state index is 0.784. The molecule has 0 spiro atoms. The Morgan fingerprint density at radius 3 is 2.57 bits per heavy atom. The van der Waals surface area contributed by atoms with E-state index in [1.165, 1.54) is 32.4 Å². The van der Waals surface area contributed by atoms with E-state index in [2.05, 4.69) is 33.0 Å². The van der Waals surface area contributed by atoms with Crippen molar-refractivity contribution in [3.63, 3.8) is 0 Å². The number of hydrogen-bond donors (Lipinski definition) is 1. The van der Waals surface area contributed by atoms with Gasteiger partial charge in [0.1, 0.15) is 0 Å². The molecule has 1 aliphatic carbocycles. The average Bonchev–Trinajstić information content (AvgIpc) is 2.12. The smallest absolute Gasteiger partial charge is 0.00178 e. The van der Waals surface area contributed by atoms with Gasteiger partial charge in [0.15, 0.2) is 0 Å². The Bertz CT molecular complexity index is 153. The molecule has 1 heteroatoms. The molecular weight excluding hydrogens is 170 g/mol. The van der Waals surface area contributed by atoms with E-state index >= 15 is 0 Å². The molecule has 1 N–H and O–H groups in total. The summed E-state index contributed by atoms with van der Waals surface area (Å²) in [6.07, 6.45) is 4.33. The zero-order valence-electron chi connectivity index (χ0n) is 10.3. The van der Waals surface area contributed by atoms with Crippen LogP contribution in [0.25, 0.3) is 0 Å². The zero-order valence-corrected chi connectivity index (χ0v) is 10.3. The Balaban J connectivity index is 2.22. The molecule has 0 amide bonds. The summed E-state index contributed by atoms with van der Waals surface area (Å²) >= 11 is 0. The van der Waals surface area contributed by atoms with Crippen LogP contribution in [-0.4, -0.2) is 13.1 Å².